The van der Waals surface area contributed by atoms with Crippen LogP contribution in [0.25, 0.3) is 0 Å². The van der Waals surface area contributed by atoms with Gasteiger partial charge in [-0.2, -0.15) is 0 Å². The van der Waals surface area contributed by atoms with Crippen molar-refractivity contribution < 1.29 is 22.8 Å². The maximum atomic E-state index is 13.3. The summed E-state index contributed by atoms with van der Waals surface area (Å²) in [6.07, 6.45) is 1.37. The molecule has 0 aliphatic heterocycles. The topological polar surface area (TPSA) is 70.4 Å². The monoisotopic (exact) mass is 339 g/mol. The Kier molecular flexibility index (Phi) is 3.85. The van der Waals surface area contributed by atoms with Gasteiger partial charge in [-0.3, -0.25) is 0 Å². The van der Waals surface area contributed by atoms with Gasteiger partial charge in [0, 0.05) is 35.6 Å². The zero-order valence-electron chi connectivity index (χ0n) is 12.3. The Bertz CT molecular complexity index is 861. The van der Waals surface area contributed by atoms with E-state index in [0.717, 1.165) is 18.2 Å². The quantitative estimate of drug-likeness (QED) is 0.894. The van der Waals surface area contributed by atoms with Crippen LogP contribution in [0, 0.1) is 16.4 Å². The molecule has 0 saturated carbocycles. The van der Waals surface area contributed by atoms with E-state index in [2.05, 4.69) is 0 Å². The first-order chi connectivity index (χ1) is 10.8. The van der Waals surface area contributed by atoms with Gasteiger partial charge in [0.1, 0.15) is 23.1 Å². The van der Waals surface area contributed by atoms with E-state index in [-0.39, 0.29) is 10.6 Å². The van der Waals surface area contributed by atoms with Crippen molar-refractivity contribution in [2.45, 2.75) is 23.8 Å². The average molecular weight is 339 g/mol. The van der Waals surface area contributed by atoms with E-state index in [1.54, 1.807) is 0 Å². The molecule has 2 aromatic carbocycles. The lowest BCUT2D eigenvalue weighted by molar-refractivity contribution is 0.177. The van der Waals surface area contributed by atoms with Crippen molar-refractivity contribution in [1.29, 1.82) is 4.78 Å². The highest BCUT2D eigenvalue weighted by Gasteiger charge is 2.29. The molecule has 2 aromatic rings. The van der Waals surface area contributed by atoms with Crippen LogP contribution in [0.5, 0.6) is 11.5 Å². The fourth-order valence-corrected chi connectivity index (χ4v) is 3.83. The molecular formula is C16H15F2NO3S. The van der Waals surface area contributed by atoms with Crippen LogP contribution < -0.4 is 4.74 Å². The van der Waals surface area contributed by atoms with Gasteiger partial charge in [0.25, 0.3) is 0 Å². The maximum absolute atomic E-state index is 13.3. The Labute approximate surface area is 132 Å². The summed E-state index contributed by atoms with van der Waals surface area (Å²) in [5.74, 6) is -1.16. The number of nitrogens with one attached hydrogen (secondary N) is 1. The van der Waals surface area contributed by atoms with Crippen molar-refractivity contribution in [2.75, 3.05) is 6.26 Å². The minimum atomic E-state index is -3.00. The fourth-order valence-electron chi connectivity index (χ4n) is 2.82. The van der Waals surface area contributed by atoms with Crippen LogP contribution in [0.1, 0.15) is 23.7 Å². The van der Waals surface area contributed by atoms with E-state index in [9.17, 15) is 18.1 Å². The molecule has 0 radical (unpaired) electrons. The molecule has 3 rings (SSSR count). The summed E-state index contributed by atoms with van der Waals surface area (Å²) >= 11 is 0. The molecule has 2 atom stereocenters. The zero-order valence-corrected chi connectivity index (χ0v) is 13.1. The first kappa shape index (κ1) is 15.9. The third-order valence-corrected chi connectivity index (χ3v) is 4.95. The van der Waals surface area contributed by atoms with Gasteiger partial charge in [0.05, 0.1) is 20.7 Å². The predicted octanol–water partition coefficient (Wildman–Crippen LogP) is 3.77. The Morgan fingerprint density at radius 2 is 1.91 bits per heavy atom. The molecule has 0 aromatic heterocycles. The van der Waals surface area contributed by atoms with Crippen LogP contribution in [-0.4, -0.2) is 15.6 Å². The average Bonchev–Trinajstić information content (AvgIpc) is 2.79. The molecule has 0 spiro atoms. The van der Waals surface area contributed by atoms with E-state index in [1.807, 2.05) is 0 Å². The SMILES string of the molecule is CS(=N)(=O)c1ccc(Oc2cc(F)cc(F)c2)c2c1C(O)CC2. The van der Waals surface area contributed by atoms with Crippen LogP contribution in [-0.2, 0) is 16.1 Å². The van der Waals surface area contributed by atoms with Gasteiger partial charge in [-0.1, -0.05) is 0 Å². The van der Waals surface area contributed by atoms with Gasteiger partial charge < -0.3 is 9.84 Å². The molecule has 2 N–H and O–H groups in total. The second-order valence-electron chi connectivity index (χ2n) is 5.56. The number of halogens is 2. The normalized spacial score (nSPS) is 19.2. The molecule has 0 amide bonds. The van der Waals surface area contributed by atoms with Crippen molar-refractivity contribution in [3.8, 4) is 11.5 Å². The first-order valence-corrected chi connectivity index (χ1v) is 8.94. The Hall–Kier alpha value is -1.99. The summed E-state index contributed by atoms with van der Waals surface area (Å²) in [5, 5.41) is 10.1. The fraction of sp³-hybridized carbons (Fsp3) is 0.250. The van der Waals surface area contributed by atoms with Crippen molar-refractivity contribution in [3.63, 3.8) is 0 Å². The second-order valence-corrected chi connectivity index (χ2v) is 7.69. The summed E-state index contributed by atoms with van der Waals surface area (Å²) in [7, 11) is -3.00. The van der Waals surface area contributed by atoms with Gasteiger partial charge in [0.15, 0.2) is 0 Å². The van der Waals surface area contributed by atoms with Crippen molar-refractivity contribution in [1.82, 2.24) is 0 Å². The standard InChI is InChI=1S/C16H15F2NO3S/c1-23(19,21)15-5-4-14(12-2-3-13(20)16(12)15)22-11-7-9(17)6-10(18)8-11/h4-8,13,19-20H,2-3H2,1H3. The van der Waals surface area contributed by atoms with Gasteiger partial charge in [0.2, 0.25) is 0 Å². The summed E-state index contributed by atoms with van der Waals surface area (Å²) < 4.78 is 51.9. The molecule has 0 saturated heterocycles. The molecule has 0 bridgehead atoms. The number of hydrogen-bond donors (Lipinski definition) is 2. The number of aliphatic hydroxyl groups is 1. The molecule has 4 nitrogen and oxygen atoms in total. The number of hydrogen-bond acceptors (Lipinski definition) is 4. The van der Waals surface area contributed by atoms with Crippen molar-refractivity contribution in [3.05, 3.63) is 53.1 Å². The lowest BCUT2D eigenvalue weighted by atomic mass is 10.1. The van der Waals surface area contributed by atoms with Gasteiger partial charge >= 0.3 is 0 Å². The van der Waals surface area contributed by atoms with E-state index in [4.69, 9.17) is 9.52 Å². The van der Waals surface area contributed by atoms with Crippen LogP contribution in [0.2, 0.25) is 0 Å². The molecule has 7 heteroatoms. The summed E-state index contributed by atoms with van der Waals surface area (Å²) in [6.45, 7) is 0. The molecule has 2 unspecified atom stereocenters. The minimum absolute atomic E-state index is 0.00180. The largest absolute Gasteiger partial charge is 0.457 e. The maximum Gasteiger partial charge on any atom is 0.133 e. The smallest absolute Gasteiger partial charge is 0.133 e. The predicted molar refractivity (Wildman–Crippen MR) is 81.2 cm³/mol. The summed E-state index contributed by atoms with van der Waals surface area (Å²) in [5.41, 5.74) is 1.06. The number of rotatable bonds is 3. The van der Waals surface area contributed by atoms with E-state index < -0.39 is 27.5 Å². The van der Waals surface area contributed by atoms with Gasteiger partial charge in [-0.25, -0.2) is 17.8 Å². The number of benzene rings is 2. The van der Waals surface area contributed by atoms with Crippen LogP contribution in [0.15, 0.2) is 35.2 Å². The lowest BCUT2D eigenvalue weighted by Gasteiger charge is -2.15. The molecule has 23 heavy (non-hydrogen) atoms. The summed E-state index contributed by atoms with van der Waals surface area (Å²) in [6, 6.07) is 5.85. The van der Waals surface area contributed by atoms with Crippen molar-refractivity contribution >= 4 is 9.73 Å². The second kappa shape index (κ2) is 5.58. The third-order valence-electron chi connectivity index (χ3n) is 3.76. The molecule has 122 valence electrons. The Morgan fingerprint density at radius 3 is 2.52 bits per heavy atom. The third kappa shape index (κ3) is 3.07. The molecular weight excluding hydrogens is 324 g/mol. The lowest BCUT2D eigenvalue weighted by Crippen LogP contribution is -2.04. The highest BCUT2D eigenvalue weighted by Crippen LogP contribution is 2.42. The summed E-state index contributed by atoms with van der Waals surface area (Å²) in [4.78, 5) is 0.273. The van der Waals surface area contributed by atoms with Gasteiger partial charge in [-0.15, -0.1) is 0 Å². The number of aliphatic hydroxyl groups excluding tert-OH is 1. The van der Waals surface area contributed by atoms with Gasteiger partial charge in [-0.05, 0) is 25.0 Å². The van der Waals surface area contributed by atoms with Crippen LogP contribution in [0.3, 0.4) is 0 Å². The number of fused-ring (bicyclic) bond motifs is 1. The van der Waals surface area contributed by atoms with Crippen LogP contribution >= 0.6 is 0 Å². The molecule has 0 heterocycles. The molecule has 0 fully saturated rings. The van der Waals surface area contributed by atoms with E-state index >= 15 is 0 Å². The Balaban J connectivity index is 2.08. The zero-order chi connectivity index (χ0) is 16.8. The highest BCUT2D eigenvalue weighted by molar-refractivity contribution is 7.91. The minimum Gasteiger partial charge on any atom is -0.457 e. The Morgan fingerprint density at radius 1 is 1.26 bits per heavy atom. The van der Waals surface area contributed by atoms with E-state index in [1.165, 1.54) is 18.4 Å². The molecule has 1 aliphatic rings. The van der Waals surface area contributed by atoms with E-state index in [0.29, 0.717) is 29.7 Å². The van der Waals surface area contributed by atoms with Crippen molar-refractivity contribution in [2.24, 2.45) is 0 Å². The highest BCUT2D eigenvalue weighted by atomic mass is 32.2. The number of ether oxygens (including phenoxy) is 1. The molecule has 1 aliphatic carbocycles. The first-order valence-electron chi connectivity index (χ1n) is 6.97. The van der Waals surface area contributed by atoms with Crippen LogP contribution in [0.4, 0.5) is 8.78 Å².